The van der Waals surface area contributed by atoms with Gasteiger partial charge in [-0.05, 0) is 48.1 Å². The van der Waals surface area contributed by atoms with Crippen LogP contribution >= 0.6 is 0 Å². The molecule has 1 aliphatic heterocycles. The highest BCUT2D eigenvalue weighted by Gasteiger charge is 2.19. The summed E-state index contributed by atoms with van der Waals surface area (Å²) in [4.78, 5) is 4.68. The third kappa shape index (κ3) is 3.12. The van der Waals surface area contributed by atoms with E-state index in [0.29, 0.717) is 24.0 Å². The molecule has 5 N–H and O–H groups in total. The summed E-state index contributed by atoms with van der Waals surface area (Å²) in [5.74, 6) is 1.23. The standard InChI is InChI=1S/C21H24N4/c22-19-12-17(13-25-21(19)23)18-9-4-10-24-20(18)16-8-3-7-15(11-16)14-5-1-2-6-14/h3-4,7-12,14,25H,1-2,5-6,13,22-23H2. The topological polar surface area (TPSA) is 77.0 Å². The lowest BCUT2D eigenvalue weighted by Crippen LogP contribution is -2.29. The summed E-state index contributed by atoms with van der Waals surface area (Å²) in [6.07, 6.45) is 9.09. The van der Waals surface area contributed by atoms with Crippen LogP contribution in [-0.4, -0.2) is 11.5 Å². The van der Waals surface area contributed by atoms with Gasteiger partial charge in [0, 0.05) is 23.9 Å². The number of benzene rings is 1. The van der Waals surface area contributed by atoms with Crippen LogP contribution in [0.5, 0.6) is 0 Å². The Balaban J connectivity index is 1.75. The zero-order valence-corrected chi connectivity index (χ0v) is 14.3. The molecule has 4 rings (SSSR count). The average molecular weight is 332 g/mol. The first-order chi connectivity index (χ1) is 12.2. The van der Waals surface area contributed by atoms with E-state index in [9.17, 15) is 0 Å². The number of rotatable bonds is 3. The molecule has 0 unspecified atom stereocenters. The van der Waals surface area contributed by atoms with E-state index in [1.165, 1.54) is 36.8 Å². The van der Waals surface area contributed by atoms with Crippen molar-refractivity contribution in [2.75, 3.05) is 6.54 Å². The molecule has 1 fully saturated rings. The third-order valence-corrected chi connectivity index (χ3v) is 5.25. The lowest BCUT2D eigenvalue weighted by molar-refractivity contribution is 0.723. The van der Waals surface area contributed by atoms with Gasteiger partial charge in [0.2, 0.25) is 0 Å². The molecule has 1 aliphatic carbocycles. The van der Waals surface area contributed by atoms with Gasteiger partial charge in [-0.2, -0.15) is 0 Å². The van der Waals surface area contributed by atoms with Gasteiger partial charge in [0.1, 0.15) is 5.82 Å². The summed E-state index contributed by atoms with van der Waals surface area (Å²) in [5.41, 5.74) is 18.2. The fraction of sp³-hybridized carbons (Fsp3) is 0.286. The van der Waals surface area contributed by atoms with Crippen LogP contribution in [0.25, 0.3) is 16.8 Å². The third-order valence-electron chi connectivity index (χ3n) is 5.25. The quantitative estimate of drug-likeness (QED) is 0.804. The predicted octanol–water partition coefficient (Wildman–Crippen LogP) is 3.48. The number of nitrogens with one attached hydrogen (secondary N) is 1. The van der Waals surface area contributed by atoms with Crippen molar-refractivity contribution >= 4 is 5.57 Å². The zero-order chi connectivity index (χ0) is 17.2. The van der Waals surface area contributed by atoms with Gasteiger partial charge in [0.25, 0.3) is 0 Å². The molecular formula is C21H24N4. The van der Waals surface area contributed by atoms with Gasteiger partial charge < -0.3 is 16.8 Å². The van der Waals surface area contributed by atoms with Crippen LogP contribution in [0.3, 0.4) is 0 Å². The fourth-order valence-electron chi connectivity index (χ4n) is 3.88. The maximum atomic E-state index is 6.00. The van der Waals surface area contributed by atoms with Crippen molar-refractivity contribution < 1.29 is 0 Å². The molecule has 1 aromatic carbocycles. The van der Waals surface area contributed by atoms with Crippen molar-refractivity contribution in [2.45, 2.75) is 31.6 Å². The summed E-state index contributed by atoms with van der Waals surface area (Å²) >= 11 is 0. The molecule has 128 valence electrons. The number of hydrogen-bond acceptors (Lipinski definition) is 4. The Morgan fingerprint density at radius 1 is 1.04 bits per heavy atom. The first-order valence-electron chi connectivity index (χ1n) is 8.98. The molecule has 4 nitrogen and oxygen atoms in total. The zero-order valence-electron chi connectivity index (χ0n) is 14.3. The van der Waals surface area contributed by atoms with Gasteiger partial charge >= 0.3 is 0 Å². The lowest BCUT2D eigenvalue weighted by atomic mass is 9.92. The summed E-state index contributed by atoms with van der Waals surface area (Å²) in [6.45, 7) is 0.660. The highest BCUT2D eigenvalue weighted by atomic mass is 15.0. The monoisotopic (exact) mass is 332 g/mol. The van der Waals surface area contributed by atoms with Crippen molar-refractivity contribution in [3.05, 3.63) is 71.3 Å². The first kappa shape index (κ1) is 15.8. The number of allylic oxidation sites excluding steroid dienone is 1. The molecule has 0 saturated heterocycles. The fourth-order valence-corrected chi connectivity index (χ4v) is 3.88. The Morgan fingerprint density at radius 3 is 2.68 bits per heavy atom. The van der Waals surface area contributed by atoms with Crippen molar-refractivity contribution in [3.63, 3.8) is 0 Å². The molecule has 25 heavy (non-hydrogen) atoms. The predicted molar refractivity (Wildman–Crippen MR) is 102 cm³/mol. The SMILES string of the molecule is NC1=C(N)NCC(c2cccnc2-c2cccc(C3CCCC3)c2)=C1. The van der Waals surface area contributed by atoms with Crippen LogP contribution in [0.2, 0.25) is 0 Å². The van der Waals surface area contributed by atoms with Gasteiger partial charge in [-0.15, -0.1) is 0 Å². The molecule has 1 aromatic heterocycles. The van der Waals surface area contributed by atoms with E-state index in [4.69, 9.17) is 11.5 Å². The minimum Gasteiger partial charge on any atom is -0.396 e. The van der Waals surface area contributed by atoms with Crippen LogP contribution in [0.1, 0.15) is 42.7 Å². The van der Waals surface area contributed by atoms with Gasteiger partial charge in [-0.1, -0.05) is 37.1 Å². The summed E-state index contributed by atoms with van der Waals surface area (Å²) < 4.78 is 0. The van der Waals surface area contributed by atoms with Gasteiger partial charge in [0.05, 0.1) is 11.4 Å². The second kappa shape index (κ2) is 6.63. The van der Waals surface area contributed by atoms with Gasteiger partial charge in [-0.3, -0.25) is 4.98 Å². The molecule has 1 saturated carbocycles. The number of nitrogens with two attached hydrogens (primary N) is 2. The van der Waals surface area contributed by atoms with E-state index in [1.807, 2.05) is 18.3 Å². The van der Waals surface area contributed by atoms with Crippen LogP contribution in [-0.2, 0) is 0 Å². The van der Waals surface area contributed by atoms with E-state index in [2.05, 4.69) is 40.6 Å². The van der Waals surface area contributed by atoms with E-state index in [1.54, 1.807) is 0 Å². The minimum atomic E-state index is 0.539. The molecule has 0 amide bonds. The molecule has 0 spiro atoms. The van der Waals surface area contributed by atoms with Crippen LogP contribution in [0.15, 0.2) is 60.2 Å². The van der Waals surface area contributed by atoms with E-state index in [0.717, 1.165) is 16.8 Å². The molecule has 2 aromatic rings. The maximum Gasteiger partial charge on any atom is 0.120 e. The van der Waals surface area contributed by atoms with E-state index in [-0.39, 0.29) is 0 Å². The average Bonchev–Trinajstić information content (AvgIpc) is 3.19. The molecule has 0 bridgehead atoms. The Hall–Kier alpha value is -2.75. The molecular weight excluding hydrogens is 308 g/mol. The Bertz CT molecular complexity index is 844. The molecule has 4 heteroatoms. The highest BCUT2D eigenvalue weighted by Crippen LogP contribution is 2.36. The normalized spacial score (nSPS) is 18.2. The van der Waals surface area contributed by atoms with E-state index < -0.39 is 0 Å². The second-order valence-electron chi connectivity index (χ2n) is 6.90. The Morgan fingerprint density at radius 2 is 1.88 bits per heavy atom. The Labute approximate surface area is 148 Å². The molecule has 2 heterocycles. The highest BCUT2D eigenvalue weighted by molar-refractivity contribution is 5.81. The largest absolute Gasteiger partial charge is 0.396 e. The number of nitrogens with zero attached hydrogens (tertiary/aromatic N) is 1. The van der Waals surface area contributed by atoms with Crippen LogP contribution in [0.4, 0.5) is 0 Å². The second-order valence-corrected chi connectivity index (χ2v) is 6.90. The van der Waals surface area contributed by atoms with Crippen molar-refractivity contribution in [2.24, 2.45) is 11.5 Å². The lowest BCUT2D eigenvalue weighted by Gasteiger charge is -2.20. The summed E-state index contributed by atoms with van der Waals surface area (Å²) in [5, 5.41) is 3.15. The maximum absolute atomic E-state index is 6.00. The van der Waals surface area contributed by atoms with Gasteiger partial charge in [-0.25, -0.2) is 0 Å². The smallest absolute Gasteiger partial charge is 0.120 e. The molecule has 2 aliphatic rings. The first-order valence-corrected chi connectivity index (χ1v) is 8.98. The van der Waals surface area contributed by atoms with Crippen LogP contribution < -0.4 is 16.8 Å². The van der Waals surface area contributed by atoms with Crippen molar-refractivity contribution in [3.8, 4) is 11.3 Å². The van der Waals surface area contributed by atoms with Gasteiger partial charge in [0.15, 0.2) is 0 Å². The Kier molecular flexibility index (Phi) is 4.18. The molecule has 0 atom stereocenters. The van der Waals surface area contributed by atoms with Crippen molar-refractivity contribution in [1.82, 2.24) is 10.3 Å². The summed E-state index contributed by atoms with van der Waals surface area (Å²) in [6, 6.07) is 12.9. The minimum absolute atomic E-state index is 0.539. The number of pyridine rings is 1. The summed E-state index contributed by atoms with van der Waals surface area (Å²) in [7, 11) is 0. The number of dihydropyridines is 1. The molecule has 0 radical (unpaired) electrons. The van der Waals surface area contributed by atoms with E-state index >= 15 is 0 Å². The number of aromatic nitrogens is 1. The van der Waals surface area contributed by atoms with Crippen LogP contribution in [0, 0.1) is 0 Å². The number of hydrogen-bond donors (Lipinski definition) is 3. The van der Waals surface area contributed by atoms with Crippen molar-refractivity contribution in [1.29, 1.82) is 0 Å².